The fraction of sp³-hybridized carbons (Fsp3) is 0.417. The summed E-state index contributed by atoms with van der Waals surface area (Å²) in [4.78, 5) is 13.3. The number of aliphatic hydroxyl groups is 1. The third kappa shape index (κ3) is 5.02. The van der Waals surface area contributed by atoms with Gasteiger partial charge in [-0.1, -0.05) is 11.6 Å². The molecule has 0 fully saturated rings. The molecule has 0 heterocycles. The van der Waals surface area contributed by atoms with E-state index in [9.17, 15) is 9.18 Å². The molecular formula is C12H16ClFN2O3. The van der Waals surface area contributed by atoms with Gasteiger partial charge in [-0.3, -0.25) is 0 Å². The van der Waals surface area contributed by atoms with Crippen LogP contribution in [0.1, 0.15) is 0 Å². The number of carbonyl (C=O) groups is 1. The van der Waals surface area contributed by atoms with Gasteiger partial charge in [0.15, 0.2) is 0 Å². The maximum atomic E-state index is 13.1. The highest BCUT2D eigenvalue weighted by atomic mass is 35.5. The van der Waals surface area contributed by atoms with Crippen LogP contribution in [-0.2, 0) is 4.74 Å². The van der Waals surface area contributed by atoms with Gasteiger partial charge in [0.1, 0.15) is 5.82 Å². The number of benzene rings is 1. The zero-order valence-electron chi connectivity index (χ0n) is 10.5. The summed E-state index contributed by atoms with van der Waals surface area (Å²) >= 11 is 5.85. The van der Waals surface area contributed by atoms with E-state index in [4.69, 9.17) is 21.4 Å². The first-order valence-corrected chi connectivity index (χ1v) is 6.07. The number of urea groups is 1. The topological polar surface area (TPSA) is 61.8 Å². The number of amides is 2. The molecule has 0 aliphatic carbocycles. The third-order valence-electron chi connectivity index (χ3n) is 2.39. The van der Waals surface area contributed by atoms with Gasteiger partial charge in [0.05, 0.1) is 23.9 Å². The molecule has 0 radical (unpaired) electrons. The van der Waals surface area contributed by atoms with Crippen LogP contribution in [0.15, 0.2) is 18.2 Å². The summed E-state index contributed by atoms with van der Waals surface area (Å²) in [6, 6.07) is 3.22. The van der Waals surface area contributed by atoms with Crippen molar-refractivity contribution in [3.05, 3.63) is 29.0 Å². The van der Waals surface area contributed by atoms with Crippen LogP contribution in [-0.4, -0.2) is 49.5 Å². The number of nitrogens with zero attached hydrogens (tertiary/aromatic N) is 1. The van der Waals surface area contributed by atoms with E-state index < -0.39 is 11.8 Å². The first kappa shape index (κ1) is 15.7. The second-order valence-corrected chi connectivity index (χ2v) is 4.16. The number of methoxy groups -OCH3 is 1. The molecule has 0 aromatic heterocycles. The Hall–Kier alpha value is -1.37. The lowest BCUT2D eigenvalue weighted by Gasteiger charge is -2.22. The number of halogens is 2. The van der Waals surface area contributed by atoms with E-state index in [0.717, 1.165) is 6.07 Å². The number of carbonyl (C=O) groups excluding carboxylic acids is 1. The van der Waals surface area contributed by atoms with E-state index in [1.165, 1.54) is 24.1 Å². The predicted octanol–water partition coefficient (Wildman–Crippen LogP) is 1.95. The zero-order chi connectivity index (χ0) is 14.3. The van der Waals surface area contributed by atoms with Crippen molar-refractivity contribution in [2.24, 2.45) is 0 Å². The molecule has 0 aliphatic rings. The van der Waals surface area contributed by atoms with Crippen LogP contribution >= 0.6 is 11.6 Å². The number of hydrogen-bond acceptors (Lipinski definition) is 3. The Bertz CT molecular complexity index is 431. The lowest BCUT2D eigenvalue weighted by molar-refractivity contribution is 0.142. The van der Waals surface area contributed by atoms with Crippen molar-refractivity contribution in [1.82, 2.24) is 4.90 Å². The van der Waals surface area contributed by atoms with Gasteiger partial charge in [0.25, 0.3) is 0 Å². The largest absolute Gasteiger partial charge is 0.395 e. The molecule has 1 aromatic rings. The van der Waals surface area contributed by atoms with Gasteiger partial charge in [-0.25, -0.2) is 9.18 Å². The summed E-state index contributed by atoms with van der Waals surface area (Å²) in [5.74, 6) is -0.495. The summed E-state index contributed by atoms with van der Waals surface area (Å²) in [6.45, 7) is 0.635. The molecule has 106 valence electrons. The molecule has 2 amide bonds. The monoisotopic (exact) mass is 290 g/mol. The number of rotatable bonds is 6. The molecule has 19 heavy (non-hydrogen) atoms. The first-order valence-electron chi connectivity index (χ1n) is 5.69. The molecule has 0 aliphatic heterocycles. The molecule has 0 spiro atoms. The molecule has 0 bridgehead atoms. The fourth-order valence-electron chi connectivity index (χ4n) is 1.42. The molecule has 5 nitrogen and oxygen atoms in total. The molecule has 1 aromatic carbocycles. The predicted molar refractivity (Wildman–Crippen MR) is 71.0 cm³/mol. The Morgan fingerprint density at radius 1 is 1.53 bits per heavy atom. The van der Waals surface area contributed by atoms with Crippen molar-refractivity contribution < 1.29 is 19.0 Å². The summed E-state index contributed by atoms with van der Waals surface area (Å²) in [5.41, 5.74) is 0.187. The molecule has 1 rings (SSSR count). The Morgan fingerprint density at radius 2 is 2.26 bits per heavy atom. The number of ether oxygens (including phenoxy) is 1. The Kier molecular flexibility index (Phi) is 6.55. The van der Waals surface area contributed by atoms with Crippen LogP contribution in [0, 0.1) is 5.82 Å². The average Bonchev–Trinajstić information content (AvgIpc) is 2.38. The van der Waals surface area contributed by atoms with E-state index in [2.05, 4.69) is 5.32 Å². The first-order chi connectivity index (χ1) is 9.08. The molecular weight excluding hydrogens is 275 g/mol. The van der Waals surface area contributed by atoms with E-state index >= 15 is 0 Å². The van der Waals surface area contributed by atoms with Gasteiger partial charge >= 0.3 is 6.03 Å². The summed E-state index contributed by atoms with van der Waals surface area (Å²) < 4.78 is 17.9. The Labute approximate surface area is 115 Å². The highest BCUT2D eigenvalue weighted by molar-refractivity contribution is 6.33. The van der Waals surface area contributed by atoms with Crippen molar-refractivity contribution >= 4 is 23.3 Å². The van der Waals surface area contributed by atoms with E-state index in [-0.39, 0.29) is 23.9 Å². The van der Waals surface area contributed by atoms with E-state index in [1.54, 1.807) is 0 Å². The van der Waals surface area contributed by atoms with Gasteiger partial charge in [0, 0.05) is 20.2 Å². The van der Waals surface area contributed by atoms with Gasteiger partial charge in [-0.15, -0.1) is 0 Å². The number of hydrogen-bond donors (Lipinski definition) is 2. The second-order valence-electron chi connectivity index (χ2n) is 3.76. The number of nitrogens with one attached hydrogen (secondary N) is 1. The quantitative estimate of drug-likeness (QED) is 0.842. The normalized spacial score (nSPS) is 10.3. The minimum atomic E-state index is -0.495. The number of anilines is 1. The number of aliphatic hydroxyl groups excluding tert-OH is 1. The third-order valence-corrected chi connectivity index (χ3v) is 2.72. The smallest absolute Gasteiger partial charge is 0.322 e. The minimum absolute atomic E-state index is 0.155. The van der Waals surface area contributed by atoms with Crippen LogP contribution in [0.5, 0.6) is 0 Å². The highest BCUT2D eigenvalue weighted by Gasteiger charge is 2.14. The van der Waals surface area contributed by atoms with Gasteiger partial charge in [-0.2, -0.15) is 0 Å². The molecule has 0 saturated carbocycles. The van der Waals surface area contributed by atoms with Gasteiger partial charge in [0.2, 0.25) is 0 Å². The lowest BCUT2D eigenvalue weighted by Crippen LogP contribution is -2.39. The van der Waals surface area contributed by atoms with Crippen molar-refractivity contribution in [2.75, 3.05) is 38.7 Å². The minimum Gasteiger partial charge on any atom is -0.395 e. The van der Waals surface area contributed by atoms with Crippen LogP contribution in [0.25, 0.3) is 0 Å². The van der Waals surface area contributed by atoms with Crippen molar-refractivity contribution in [1.29, 1.82) is 0 Å². The SMILES string of the molecule is COCCN(CCO)C(=O)Nc1cc(F)ccc1Cl. The van der Waals surface area contributed by atoms with Crippen LogP contribution in [0.4, 0.5) is 14.9 Å². The summed E-state index contributed by atoms with van der Waals surface area (Å²) in [5, 5.41) is 11.6. The van der Waals surface area contributed by atoms with Gasteiger partial charge in [-0.05, 0) is 18.2 Å². The molecule has 2 N–H and O–H groups in total. The maximum Gasteiger partial charge on any atom is 0.322 e. The Balaban J connectivity index is 2.71. The van der Waals surface area contributed by atoms with Gasteiger partial charge < -0.3 is 20.1 Å². The fourth-order valence-corrected chi connectivity index (χ4v) is 1.59. The summed E-state index contributed by atoms with van der Waals surface area (Å²) in [7, 11) is 1.51. The van der Waals surface area contributed by atoms with Crippen LogP contribution in [0.2, 0.25) is 5.02 Å². The Morgan fingerprint density at radius 3 is 2.89 bits per heavy atom. The second kappa shape index (κ2) is 7.93. The van der Waals surface area contributed by atoms with Crippen molar-refractivity contribution in [3.8, 4) is 0 Å². The highest BCUT2D eigenvalue weighted by Crippen LogP contribution is 2.22. The van der Waals surface area contributed by atoms with Crippen LogP contribution < -0.4 is 5.32 Å². The molecule has 7 heteroatoms. The summed E-state index contributed by atoms with van der Waals surface area (Å²) in [6.07, 6.45) is 0. The van der Waals surface area contributed by atoms with Crippen LogP contribution in [0.3, 0.4) is 0 Å². The van der Waals surface area contributed by atoms with Crippen molar-refractivity contribution in [3.63, 3.8) is 0 Å². The zero-order valence-corrected chi connectivity index (χ0v) is 11.3. The lowest BCUT2D eigenvalue weighted by atomic mass is 10.3. The average molecular weight is 291 g/mol. The van der Waals surface area contributed by atoms with E-state index in [1.807, 2.05) is 0 Å². The van der Waals surface area contributed by atoms with E-state index in [0.29, 0.717) is 13.2 Å². The van der Waals surface area contributed by atoms with Crippen molar-refractivity contribution in [2.45, 2.75) is 0 Å². The maximum absolute atomic E-state index is 13.1. The standard InChI is InChI=1S/C12H16ClFN2O3/c1-19-7-5-16(4-6-17)12(18)15-11-8-9(14)2-3-10(11)13/h2-3,8,17H,4-7H2,1H3,(H,15,18). The molecule has 0 unspecified atom stereocenters. The molecule has 0 atom stereocenters. The molecule has 0 saturated heterocycles.